The number of rotatable bonds is 0. The zero-order valence-electron chi connectivity index (χ0n) is 10.0. The summed E-state index contributed by atoms with van der Waals surface area (Å²) in [5.41, 5.74) is 0. The molecule has 0 fully saturated rings. The van der Waals surface area contributed by atoms with Crippen molar-refractivity contribution in [3.63, 3.8) is 0 Å². The van der Waals surface area contributed by atoms with E-state index in [1.807, 2.05) is 0 Å². The van der Waals surface area contributed by atoms with E-state index in [1.54, 1.807) is 37.5 Å². The number of hydrogen-bond acceptors (Lipinski definition) is 0. The van der Waals surface area contributed by atoms with Crippen molar-refractivity contribution in [1.29, 1.82) is 0 Å². The summed E-state index contributed by atoms with van der Waals surface area (Å²) < 4.78 is 24.2. The Morgan fingerprint density at radius 1 is 0.625 bits per heavy atom. The molecule has 0 amide bonds. The maximum absolute atomic E-state index is 8.08. The third kappa shape index (κ3) is 943. The van der Waals surface area contributed by atoms with Crippen LogP contribution >= 0.6 is 29.1 Å². The van der Waals surface area contributed by atoms with Gasteiger partial charge in [-0.1, -0.05) is 0 Å². The molecule has 10 heteroatoms. The van der Waals surface area contributed by atoms with Gasteiger partial charge in [0.15, 0.2) is 32.4 Å². The summed E-state index contributed by atoms with van der Waals surface area (Å²) in [6.45, 7) is 0. The molecule has 0 heterocycles. The van der Waals surface area contributed by atoms with Gasteiger partial charge in [-0.15, -0.1) is 0 Å². The Morgan fingerprint density at radius 2 is 0.625 bits per heavy atom. The van der Waals surface area contributed by atoms with E-state index in [2.05, 4.69) is 0 Å². The van der Waals surface area contributed by atoms with Gasteiger partial charge in [0.2, 0.25) is 0 Å². The quantitative estimate of drug-likeness (QED) is 0.405. The normalized spacial score (nSPS) is 9.38. The van der Waals surface area contributed by atoms with E-state index in [9.17, 15) is 0 Å². The molecule has 0 aromatic rings. The van der Waals surface area contributed by atoms with Crippen LogP contribution in [0.15, 0.2) is 0 Å². The van der Waals surface area contributed by atoms with E-state index in [1.165, 1.54) is 0 Å². The van der Waals surface area contributed by atoms with E-state index in [0.29, 0.717) is 0 Å². The second-order valence-electron chi connectivity index (χ2n) is 2.46. The Kier molecular flexibility index (Phi) is 36.7. The predicted octanol–water partition coefficient (Wildman–Crippen LogP) is 2.52. The van der Waals surface area contributed by atoms with Crippen molar-refractivity contribution in [3.05, 3.63) is 0 Å². The number of halogens is 3. The van der Waals surface area contributed by atoms with Gasteiger partial charge < -0.3 is 0 Å². The average molecular weight is 447 g/mol. The van der Waals surface area contributed by atoms with Gasteiger partial charge in [-0.25, -0.2) is 0 Å². The van der Waals surface area contributed by atoms with Gasteiger partial charge in [-0.2, -0.15) is 0 Å². The van der Waals surface area contributed by atoms with Crippen LogP contribution in [0.1, 0.15) is 0 Å². The Balaban J connectivity index is -0.0000000600. The molecule has 0 aliphatic carbocycles. The van der Waals surface area contributed by atoms with Crippen molar-refractivity contribution < 1.29 is 25.6 Å². The van der Waals surface area contributed by atoms with Crippen LogP contribution in [0.2, 0.25) is 0 Å². The van der Waals surface area contributed by atoms with E-state index in [4.69, 9.17) is 41.7 Å². The second-order valence-corrected chi connectivity index (χ2v) is 14.6. The Labute approximate surface area is 123 Å². The third-order valence-electron chi connectivity index (χ3n) is 0. The van der Waals surface area contributed by atoms with Gasteiger partial charge in [0, 0.05) is 0 Å². The molecule has 16 heavy (non-hydrogen) atoms. The van der Waals surface area contributed by atoms with Crippen molar-refractivity contribution in [2.24, 2.45) is 0 Å². The van der Waals surface area contributed by atoms with Gasteiger partial charge in [-0.3, -0.25) is 12.6 Å². The maximum atomic E-state index is 8.08. The summed E-state index contributed by atoms with van der Waals surface area (Å²) in [7, 11) is 13.7. The SMILES string of the molecule is CS(C)=[OH+].CS(C)=[OH+].CS(C)=[OH+].[Cl][Rh]([Cl])[Cl]. The van der Waals surface area contributed by atoms with Crippen molar-refractivity contribution in [2.45, 2.75) is 0 Å². The molecule has 0 rings (SSSR count). The van der Waals surface area contributed by atoms with Gasteiger partial charge in [0.1, 0.15) is 0 Å². The molecule has 0 aromatic carbocycles. The molecular weight excluding hydrogens is 426 g/mol. The summed E-state index contributed by atoms with van der Waals surface area (Å²) in [6, 6.07) is 0. The molecule has 0 aromatic heterocycles. The first-order chi connectivity index (χ1) is 6.93. The van der Waals surface area contributed by atoms with Crippen LogP contribution in [-0.2, 0) is 45.4 Å². The molecule has 3 N–H and O–H groups in total. The molecule has 3 nitrogen and oxygen atoms in total. The van der Waals surface area contributed by atoms with Crippen LogP contribution < -0.4 is 0 Å². The summed E-state index contributed by atoms with van der Waals surface area (Å²) in [6.07, 6.45) is 10.5. The zero-order valence-corrected chi connectivity index (χ0v) is 16.4. The fourth-order valence-electron chi connectivity index (χ4n) is 0. The Bertz CT molecular complexity index is 161. The molecule has 0 saturated heterocycles. The third-order valence-corrected chi connectivity index (χ3v) is 0. The summed E-state index contributed by atoms with van der Waals surface area (Å²) in [4.78, 5) is 0. The topological polar surface area (TPSA) is 64.2 Å². The standard InChI is InChI=1S/3C2H6OS.3ClH.Rh/c3*1-4(2)3;;;;/h3*1-2H3;3*1H;/q;;;;;;+3. The second kappa shape index (κ2) is 22.2. The van der Waals surface area contributed by atoms with Crippen LogP contribution in [-0.4, -0.2) is 50.2 Å². The van der Waals surface area contributed by atoms with E-state index >= 15 is 0 Å². The molecule has 0 atom stereocenters. The zero-order chi connectivity index (χ0) is 14.3. The Hall–Kier alpha value is 1.94. The molecule has 0 unspecified atom stereocenters. The summed E-state index contributed by atoms with van der Waals surface area (Å²) in [5.74, 6) is 0. The fourth-order valence-corrected chi connectivity index (χ4v) is 0. The van der Waals surface area contributed by atoms with Crippen molar-refractivity contribution in [3.8, 4) is 0 Å². The molecule has 0 bridgehead atoms. The summed E-state index contributed by atoms with van der Waals surface area (Å²) >= 11 is -1.66. The first-order valence-electron chi connectivity index (χ1n) is 3.38. The monoisotopic (exact) mass is 445 g/mol. The molecule has 108 valence electrons. The van der Waals surface area contributed by atoms with Gasteiger partial charge >= 0.3 is 42.1 Å². The molecule has 0 aliphatic heterocycles. The summed E-state index contributed by atoms with van der Waals surface area (Å²) in [5, 5.41) is 0. The van der Waals surface area contributed by atoms with E-state index in [0.717, 1.165) is 0 Å². The molecule has 0 aliphatic rings. The minimum absolute atomic E-state index is 0.361. The van der Waals surface area contributed by atoms with Crippen molar-refractivity contribution >= 4 is 61.5 Å². The van der Waals surface area contributed by atoms with E-state index < -0.39 is 13.0 Å². The van der Waals surface area contributed by atoms with Crippen LogP contribution in [0, 0.1) is 0 Å². The van der Waals surface area contributed by atoms with Gasteiger partial charge in [0.05, 0.1) is 37.5 Å². The first kappa shape index (κ1) is 26.5. The molecular formula is C6H21Cl3O3RhS3+3. The van der Waals surface area contributed by atoms with Crippen LogP contribution in [0.3, 0.4) is 0 Å². The molecule has 0 spiro atoms. The average Bonchev–Trinajstić information content (AvgIpc) is 1.76. The molecule has 0 radical (unpaired) electrons. The fraction of sp³-hybridized carbons (Fsp3) is 1.00. The van der Waals surface area contributed by atoms with Crippen LogP contribution in [0.25, 0.3) is 0 Å². The number of hydrogen-bond donors (Lipinski definition) is 0. The minimum atomic E-state index is -1.66. The van der Waals surface area contributed by atoms with Crippen molar-refractivity contribution in [1.82, 2.24) is 0 Å². The van der Waals surface area contributed by atoms with Crippen LogP contribution in [0.5, 0.6) is 0 Å². The Morgan fingerprint density at radius 3 is 0.625 bits per heavy atom. The van der Waals surface area contributed by atoms with E-state index in [-0.39, 0.29) is 32.4 Å². The first-order valence-corrected chi connectivity index (χ1v) is 15.7. The molecule has 0 saturated carbocycles. The predicted molar refractivity (Wildman–Crippen MR) is 81.0 cm³/mol. The van der Waals surface area contributed by atoms with Gasteiger partial charge in [0.25, 0.3) is 0 Å². The van der Waals surface area contributed by atoms with Gasteiger partial charge in [-0.05, 0) is 0 Å². The van der Waals surface area contributed by atoms with Crippen molar-refractivity contribution in [2.75, 3.05) is 37.5 Å². The van der Waals surface area contributed by atoms with Crippen LogP contribution in [0.4, 0.5) is 0 Å².